The molecule has 0 aromatic carbocycles. The van der Waals surface area contributed by atoms with Crippen molar-refractivity contribution in [3.05, 3.63) is 0 Å². The van der Waals surface area contributed by atoms with Crippen LogP contribution in [0.15, 0.2) is 0 Å². The molecule has 0 amide bonds. The largest absolute Gasteiger partial charge is 0.394 e. The van der Waals surface area contributed by atoms with Crippen LogP contribution < -0.4 is 11.1 Å². The zero-order chi connectivity index (χ0) is 13.0. The Labute approximate surface area is 98.6 Å². The molecule has 1 fully saturated rings. The molecule has 1 aliphatic rings. The standard InChI is InChI=1S/C9H20N2O6/c10-6-8(15)7(14)5(17-9(6)16)2-11-1-4(13)3-12/h4-9,11-16H,1-3,10H2/t4?,5-,6-,7-,8-,9+/m1/s1. The van der Waals surface area contributed by atoms with Gasteiger partial charge in [0.1, 0.15) is 18.3 Å². The van der Waals surface area contributed by atoms with Crippen LogP contribution in [0.25, 0.3) is 0 Å². The molecule has 0 spiro atoms. The highest BCUT2D eigenvalue weighted by atomic mass is 16.6. The molecule has 1 saturated heterocycles. The van der Waals surface area contributed by atoms with Gasteiger partial charge in [0.2, 0.25) is 0 Å². The molecule has 0 bridgehead atoms. The number of rotatable bonds is 5. The fraction of sp³-hybridized carbons (Fsp3) is 1.00. The third-order valence-corrected chi connectivity index (χ3v) is 2.70. The summed E-state index contributed by atoms with van der Waals surface area (Å²) in [5, 5.41) is 48.9. The zero-order valence-corrected chi connectivity index (χ0v) is 9.31. The summed E-state index contributed by atoms with van der Waals surface area (Å²) in [6.45, 7) is -0.155. The van der Waals surface area contributed by atoms with E-state index in [4.69, 9.17) is 20.7 Å². The summed E-state index contributed by atoms with van der Waals surface area (Å²) >= 11 is 0. The molecule has 17 heavy (non-hydrogen) atoms. The van der Waals surface area contributed by atoms with Crippen molar-refractivity contribution in [2.24, 2.45) is 5.73 Å². The average molecular weight is 252 g/mol. The molecule has 8 heteroatoms. The summed E-state index contributed by atoms with van der Waals surface area (Å²) in [6, 6.07) is -1.05. The first kappa shape index (κ1) is 14.7. The lowest BCUT2D eigenvalue weighted by Crippen LogP contribution is -2.62. The molecular weight excluding hydrogens is 232 g/mol. The van der Waals surface area contributed by atoms with Gasteiger partial charge in [-0.15, -0.1) is 0 Å². The Morgan fingerprint density at radius 3 is 2.47 bits per heavy atom. The van der Waals surface area contributed by atoms with Gasteiger partial charge in [-0.1, -0.05) is 0 Å². The number of aliphatic hydroxyl groups excluding tert-OH is 5. The first-order valence-corrected chi connectivity index (χ1v) is 5.42. The van der Waals surface area contributed by atoms with E-state index in [0.717, 1.165) is 0 Å². The van der Waals surface area contributed by atoms with Crippen LogP contribution in [0.1, 0.15) is 0 Å². The predicted octanol–water partition coefficient (Wildman–Crippen LogP) is -4.30. The first-order valence-electron chi connectivity index (χ1n) is 5.42. The van der Waals surface area contributed by atoms with Gasteiger partial charge >= 0.3 is 0 Å². The number of aliphatic hydroxyl groups is 5. The smallest absolute Gasteiger partial charge is 0.172 e. The zero-order valence-electron chi connectivity index (χ0n) is 9.31. The number of nitrogens with two attached hydrogens (primary N) is 1. The third kappa shape index (κ3) is 3.83. The Morgan fingerprint density at radius 2 is 1.88 bits per heavy atom. The van der Waals surface area contributed by atoms with Crippen LogP contribution in [0.4, 0.5) is 0 Å². The lowest BCUT2D eigenvalue weighted by atomic mass is 9.97. The van der Waals surface area contributed by atoms with Crippen molar-refractivity contribution in [2.75, 3.05) is 19.7 Å². The quantitative estimate of drug-likeness (QED) is 0.260. The highest BCUT2D eigenvalue weighted by Gasteiger charge is 2.41. The highest BCUT2D eigenvalue weighted by Crippen LogP contribution is 2.17. The molecule has 1 unspecified atom stereocenters. The minimum Gasteiger partial charge on any atom is -0.394 e. The minimum absolute atomic E-state index is 0.110. The second kappa shape index (κ2) is 6.57. The Morgan fingerprint density at radius 1 is 1.24 bits per heavy atom. The minimum atomic E-state index is -1.34. The van der Waals surface area contributed by atoms with Crippen molar-refractivity contribution in [3.8, 4) is 0 Å². The van der Waals surface area contributed by atoms with Crippen LogP contribution in [0.2, 0.25) is 0 Å². The normalized spacial score (nSPS) is 40.2. The van der Waals surface area contributed by atoms with Crippen molar-refractivity contribution in [1.29, 1.82) is 0 Å². The molecule has 8 N–H and O–H groups in total. The van der Waals surface area contributed by atoms with E-state index >= 15 is 0 Å². The first-order chi connectivity index (χ1) is 7.97. The molecule has 1 rings (SSSR count). The summed E-state index contributed by atoms with van der Waals surface area (Å²) < 4.78 is 5.01. The molecule has 0 aromatic rings. The molecule has 0 aliphatic carbocycles. The Balaban J connectivity index is 2.37. The van der Waals surface area contributed by atoms with Gasteiger partial charge in [0.25, 0.3) is 0 Å². The molecule has 102 valence electrons. The monoisotopic (exact) mass is 252 g/mol. The van der Waals surface area contributed by atoms with Crippen LogP contribution >= 0.6 is 0 Å². The van der Waals surface area contributed by atoms with Crippen molar-refractivity contribution in [1.82, 2.24) is 5.32 Å². The number of hydrogen-bond donors (Lipinski definition) is 7. The molecule has 0 saturated carbocycles. The van der Waals surface area contributed by atoms with Crippen LogP contribution in [0.3, 0.4) is 0 Å². The number of ether oxygens (including phenoxy) is 1. The molecule has 1 aliphatic heterocycles. The van der Waals surface area contributed by atoms with Gasteiger partial charge in [-0.2, -0.15) is 0 Å². The Kier molecular flexibility index (Phi) is 5.70. The van der Waals surface area contributed by atoms with Gasteiger partial charge < -0.3 is 41.3 Å². The maximum absolute atomic E-state index is 9.63. The van der Waals surface area contributed by atoms with Gasteiger partial charge in [0, 0.05) is 13.1 Å². The van der Waals surface area contributed by atoms with E-state index in [-0.39, 0.29) is 19.7 Å². The van der Waals surface area contributed by atoms with E-state index in [2.05, 4.69) is 5.32 Å². The Hall–Kier alpha value is -0.320. The van der Waals surface area contributed by atoms with Gasteiger partial charge in [-0.05, 0) is 0 Å². The van der Waals surface area contributed by atoms with Crippen molar-refractivity contribution < 1.29 is 30.3 Å². The molecule has 0 radical (unpaired) electrons. The summed E-state index contributed by atoms with van der Waals surface area (Å²) in [7, 11) is 0. The third-order valence-electron chi connectivity index (χ3n) is 2.70. The van der Waals surface area contributed by atoms with Gasteiger partial charge in [0.15, 0.2) is 6.29 Å². The number of hydrogen-bond acceptors (Lipinski definition) is 8. The lowest BCUT2D eigenvalue weighted by molar-refractivity contribution is -0.240. The van der Waals surface area contributed by atoms with Crippen LogP contribution in [-0.2, 0) is 4.74 Å². The van der Waals surface area contributed by atoms with Crippen LogP contribution in [0.5, 0.6) is 0 Å². The lowest BCUT2D eigenvalue weighted by Gasteiger charge is -2.39. The van der Waals surface area contributed by atoms with E-state index < -0.39 is 36.7 Å². The fourth-order valence-electron chi connectivity index (χ4n) is 1.59. The summed E-state index contributed by atoms with van der Waals surface area (Å²) in [4.78, 5) is 0. The topological polar surface area (TPSA) is 148 Å². The van der Waals surface area contributed by atoms with Crippen LogP contribution in [0, 0.1) is 0 Å². The van der Waals surface area contributed by atoms with E-state index in [0.29, 0.717) is 0 Å². The predicted molar refractivity (Wildman–Crippen MR) is 56.8 cm³/mol. The maximum Gasteiger partial charge on any atom is 0.172 e. The molecular formula is C9H20N2O6. The fourth-order valence-corrected chi connectivity index (χ4v) is 1.59. The van der Waals surface area contributed by atoms with Crippen molar-refractivity contribution in [3.63, 3.8) is 0 Å². The average Bonchev–Trinajstić information content (AvgIpc) is 2.32. The van der Waals surface area contributed by atoms with Crippen LogP contribution in [-0.4, -0.2) is 82.0 Å². The summed E-state index contributed by atoms with van der Waals surface area (Å²) in [5.41, 5.74) is 5.39. The van der Waals surface area contributed by atoms with Gasteiger partial charge in [0.05, 0.1) is 18.8 Å². The van der Waals surface area contributed by atoms with Crippen molar-refractivity contribution in [2.45, 2.75) is 36.7 Å². The Bertz CT molecular complexity index is 232. The second-order valence-electron chi connectivity index (χ2n) is 4.12. The highest BCUT2D eigenvalue weighted by molar-refractivity contribution is 4.91. The van der Waals surface area contributed by atoms with Crippen molar-refractivity contribution >= 4 is 0 Å². The molecule has 0 aromatic heterocycles. The van der Waals surface area contributed by atoms with E-state index in [1.54, 1.807) is 0 Å². The van der Waals surface area contributed by atoms with E-state index in [9.17, 15) is 15.3 Å². The second-order valence-corrected chi connectivity index (χ2v) is 4.12. The van der Waals surface area contributed by atoms with Gasteiger partial charge in [-0.3, -0.25) is 0 Å². The summed E-state index contributed by atoms with van der Waals surface area (Å²) in [6.07, 6.45) is -5.57. The maximum atomic E-state index is 9.63. The molecule has 1 heterocycles. The van der Waals surface area contributed by atoms with E-state index in [1.807, 2.05) is 0 Å². The van der Waals surface area contributed by atoms with Gasteiger partial charge in [-0.25, -0.2) is 0 Å². The number of nitrogens with one attached hydrogen (secondary N) is 1. The molecule has 8 nitrogen and oxygen atoms in total. The SMILES string of the molecule is N[C@@H]1[C@@H](O)[C@H](O)[C@@H](CNCC(O)CO)O[C@@H]1O. The van der Waals surface area contributed by atoms with E-state index in [1.165, 1.54) is 0 Å². The molecule has 6 atom stereocenters. The summed E-state index contributed by atoms with van der Waals surface area (Å²) in [5.74, 6) is 0.